The first-order chi connectivity index (χ1) is 10.0. The summed E-state index contributed by atoms with van der Waals surface area (Å²) >= 11 is 0. The first-order valence-electron chi connectivity index (χ1n) is 7.97. The molecule has 0 radical (unpaired) electrons. The fraction of sp³-hybridized carbons (Fsp3) is 0.611. The lowest BCUT2D eigenvalue weighted by molar-refractivity contribution is -0.114. The molecule has 0 aliphatic carbocycles. The number of carbonyl (C=O) groups is 1. The number of carbonyl (C=O) groups excluding carboxylic acids is 1. The van der Waals surface area contributed by atoms with Gasteiger partial charge in [0.05, 0.1) is 5.41 Å². The average Bonchev–Trinajstić information content (AvgIpc) is 2.54. The minimum Gasteiger partial charge on any atom is -0.302 e. The molecule has 21 heavy (non-hydrogen) atoms. The highest BCUT2D eigenvalue weighted by atomic mass is 19.1. The molecule has 0 aromatic heterocycles. The third-order valence-electron chi connectivity index (χ3n) is 4.83. The van der Waals surface area contributed by atoms with Gasteiger partial charge in [-0.1, -0.05) is 31.2 Å². The molecule has 1 atom stereocenters. The number of likely N-dealkylation sites (tertiary alicyclic amines) is 1. The molecule has 0 saturated carbocycles. The van der Waals surface area contributed by atoms with Crippen molar-refractivity contribution in [2.75, 3.05) is 13.1 Å². The molecular formula is C18H26FNO. The highest BCUT2D eigenvalue weighted by Gasteiger charge is 2.36. The monoisotopic (exact) mass is 291 g/mol. The van der Waals surface area contributed by atoms with Gasteiger partial charge < -0.3 is 9.69 Å². The van der Waals surface area contributed by atoms with Crippen molar-refractivity contribution in [3.63, 3.8) is 0 Å². The van der Waals surface area contributed by atoms with Gasteiger partial charge in [-0.15, -0.1) is 0 Å². The second-order valence-corrected chi connectivity index (χ2v) is 6.40. The van der Waals surface area contributed by atoms with E-state index in [9.17, 15) is 9.18 Å². The highest BCUT2D eigenvalue weighted by Crippen LogP contribution is 2.36. The summed E-state index contributed by atoms with van der Waals surface area (Å²) in [5.74, 6) is 0. The van der Waals surface area contributed by atoms with E-state index in [-0.39, 0.29) is 0 Å². The van der Waals surface area contributed by atoms with Crippen molar-refractivity contribution >= 4 is 6.29 Å². The molecule has 116 valence electrons. The summed E-state index contributed by atoms with van der Waals surface area (Å²) in [6.07, 6.45) is 2.26. The maximum atomic E-state index is 13.9. The average molecular weight is 291 g/mol. The Bertz CT molecular complexity index is 478. The number of halogens is 1. The van der Waals surface area contributed by atoms with Gasteiger partial charge in [0.15, 0.2) is 0 Å². The van der Waals surface area contributed by atoms with Crippen LogP contribution in [0.1, 0.15) is 57.3 Å². The second-order valence-electron chi connectivity index (χ2n) is 6.40. The Labute approximate surface area is 127 Å². The molecule has 1 unspecified atom stereocenters. The SMILES string of the molecule is CCC(F)c1cccc(C2(C=O)CCN(C(C)C)CC2)c1. The maximum absolute atomic E-state index is 13.9. The maximum Gasteiger partial charge on any atom is 0.130 e. The van der Waals surface area contributed by atoms with Crippen LogP contribution in [0.15, 0.2) is 24.3 Å². The molecule has 0 N–H and O–H groups in total. The van der Waals surface area contributed by atoms with Crippen LogP contribution in [-0.2, 0) is 10.2 Å². The van der Waals surface area contributed by atoms with Crippen LogP contribution >= 0.6 is 0 Å². The van der Waals surface area contributed by atoms with Crippen LogP contribution in [0, 0.1) is 0 Å². The van der Waals surface area contributed by atoms with Crippen molar-refractivity contribution in [2.45, 2.75) is 57.7 Å². The largest absolute Gasteiger partial charge is 0.302 e. The van der Waals surface area contributed by atoms with Crippen molar-refractivity contribution in [3.8, 4) is 0 Å². The summed E-state index contributed by atoms with van der Waals surface area (Å²) in [5.41, 5.74) is 1.24. The van der Waals surface area contributed by atoms with Gasteiger partial charge in [0.25, 0.3) is 0 Å². The van der Waals surface area contributed by atoms with Crippen LogP contribution in [0.4, 0.5) is 4.39 Å². The number of hydrogen-bond donors (Lipinski definition) is 0. The smallest absolute Gasteiger partial charge is 0.130 e. The number of alkyl halides is 1. The van der Waals surface area contributed by atoms with E-state index in [0.29, 0.717) is 18.0 Å². The molecule has 0 bridgehead atoms. The Balaban J connectivity index is 2.24. The highest BCUT2D eigenvalue weighted by molar-refractivity contribution is 5.69. The molecule has 2 rings (SSSR count). The zero-order valence-corrected chi connectivity index (χ0v) is 13.3. The second kappa shape index (κ2) is 6.69. The molecule has 1 heterocycles. The lowest BCUT2D eigenvalue weighted by Gasteiger charge is -2.40. The molecular weight excluding hydrogens is 265 g/mol. The molecule has 1 aromatic rings. The topological polar surface area (TPSA) is 20.3 Å². The Morgan fingerprint density at radius 3 is 2.52 bits per heavy atom. The molecule has 0 amide bonds. The van der Waals surface area contributed by atoms with Gasteiger partial charge in [-0.3, -0.25) is 0 Å². The molecule has 3 heteroatoms. The van der Waals surface area contributed by atoms with Crippen molar-refractivity contribution in [1.82, 2.24) is 4.90 Å². The molecule has 1 aliphatic heterocycles. The van der Waals surface area contributed by atoms with Gasteiger partial charge in [0.2, 0.25) is 0 Å². The fourth-order valence-electron chi connectivity index (χ4n) is 3.19. The van der Waals surface area contributed by atoms with E-state index < -0.39 is 11.6 Å². The lowest BCUT2D eigenvalue weighted by atomic mass is 9.73. The lowest BCUT2D eigenvalue weighted by Crippen LogP contribution is -2.46. The van der Waals surface area contributed by atoms with E-state index >= 15 is 0 Å². The van der Waals surface area contributed by atoms with Crippen LogP contribution in [0.25, 0.3) is 0 Å². The van der Waals surface area contributed by atoms with Gasteiger partial charge >= 0.3 is 0 Å². The summed E-state index contributed by atoms with van der Waals surface area (Å²) in [6, 6.07) is 8.09. The Hall–Kier alpha value is -1.22. The normalized spacial score (nSPS) is 20.4. The Kier molecular flexibility index (Phi) is 5.15. The van der Waals surface area contributed by atoms with Crippen LogP contribution in [0.5, 0.6) is 0 Å². The number of rotatable bonds is 5. The van der Waals surface area contributed by atoms with Crippen LogP contribution in [0.2, 0.25) is 0 Å². The van der Waals surface area contributed by atoms with Crippen molar-refractivity contribution < 1.29 is 9.18 Å². The van der Waals surface area contributed by atoms with E-state index in [0.717, 1.165) is 37.8 Å². The first kappa shape index (κ1) is 16.2. The minimum atomic E-state index is -0.940. The number of nitrogens with zero attached hydrogens (tertiary/aromatic N) is 1. The summed E-state index contributed by atoms with van der Waals surface area (Å²) in [5, 5.41) is 0. The minimum absolute atomic E-state index is 0.436. The molecule has 1 aliphatic rings. The van der Waals surface area contributed by atoms with Gasteiger partial charge in [-0.05, 0) is 57.3 Å². The van der Waals surface area contributed by atoms with Crippen LogP contribution in [0.3, 0.4) is 0 Å². The zero-order chi connectivity index (χ0) is 15.5. The van der Waals surface area contributed by atoms with Gasteiger partial charge in [-0.2, -0.15) is 0 Å². The number of piperidine rings is 1. The van der Waals surface area contributed by atoms with Gasteiger partial charge in [0.1, 0.15) is 12.5 Å². The molecule has 1 fully saturated rings. The van der Waals surface area contributed by atoms with Gasteiger partial charge in [-0.25, -0.2) is 4.39 Å². The van der Waals surface area contributed by atoms with E-state index in [1.807, 2.05) is 31.2 Å². The summed E-state index contributed by atoms with van der Waals surface area (Å²) < 4.78 is 13.9. The number of aldehydes is 1. The van der Waals surface area contributed by atoms with Crippen LogP contribution < -0.4 is 0 Å². The predicted octanol–water partition coefficient (Wildman–Crippen LogP) is 4.05. The third kappa shape index (κ3) is 3.34. The van der Waals surface area contributed by atoms with Crippen LogP contribution in [-0.4, -0.2) is 30.3 Å². The quantitative estimate of drug-likeness (QED) is 0.763. The van der Waals surface area contributed by atoms with E-state index in [4.69, 9.17) is 0 Å². The summed E-state index contributed by atoms with van der Waals surface area (Å²) in [6.45, 7) is 8.06. The molecule has 0 spiro atoms. The van der Waals surface area contributed by atoms with Crippen molar-refractivity contribution in [2.24, 2.45) is 0 Å². The summed E-state index contributed by atoms with van der Waals surface area (Å²) in [7, 11) is 0. The van der Waals surface area contributed by atoms with E-state index in [2.05, 4.69) is 18.7 Å². The zero-order valence-electron chi connectivity index (χ0n) is 13.3. The number of hydrogen-bond acceptors (Lipinski definition) is 2. The molecule has 2 nitrogen and oxygen atoms in total. The molecule has 1 aromatic carbocycles. The molecule has 1 saturated heterocycles. The van der Waals surface area contributed by atoms with Crippen molar-refractivity contribution in [1.29, 1.82) is 0 Å². The van der Waals surface area contributed by atoms with E-state index in [1.165, 1.54) is 0 Å². The van der Waals surface area contributed by atoms with Crippen molar-refractivity contribution in [3.05, 3.63) is 35.4 Å². The first-order valence-corrected chi connectivity index (χ1v) is 7.97. The third-order valence-corrected chi connectivity index (χ3v) is 4.83. The Morgan fingerprint density at radius 1 is 1.33 bits per heavy atom. The number of benzene rings is 1. The fourth-order valence-corrected chi connectivity index (χ4v) is 3.19. The standard InChI is InChI=1S/C18H26FNO/c1-4-17(19)15-6-5-7-16(12-15)18(13-21)8-10-20(11-9-18)14(2)3/h5-7,12-14,17H,4,8-11H2,1-3H3. The predicted molar refractivity (Wildman–Crippen MR) is 84.3 cm³/mol. The van der Waals surface area contributed by atoms with E-state index in [1.54, 1.807) is 0 Å². The van der Waals surface area contributed by atoms with Gasteiger partial charge in [0, 0.05) is 6.04 Å². The Morgan fingerprint density at radius 2 is 2.00 bits per heavy atom. The summed E-state index contributed by atoms with van der Waals surface area (Å²) in [4.78, 5) is 14.2.